The fourth-order valence-corrected chi connectivity index (χ4v) is 3.86. The largest absolute Gasteiger partial charge is 0.377 e. The fourth-order valence-electron chi connectivity index (χ4n) is 3.86. The van der Waals surface area contributed by atoms with Crippen molar-refractivity contribution in [1.29, 1.82) is 5.26 Å². The van der Waals surface area contributed by atoms with Gasteiger partial charge in [-0.25, -0.2) is 4.98 Å². The Kier molecular flexibility index (Phi) is 3.83. The lowest BCUT2D eigenvalue weighted by molar-refractivity contribution is 0.0938. The molecule has 27 heavy (non-hydrogen) atoms. The standard InChI is InChI=1S/C22H22N4O/c1-12(2)16-9-13(3)20-15(7-8-24-20)19(16)22(4,27)21-25-17-6-5-14(11-23)10-18(17)26-21/h5-10,12,24,27H,1-4H3,(H,25,26). The van der Waals surface area contributed by atoms with E-state index < -0.39 is 5.60 Å². The summed E-state index contributed by atoms with van der Waals surface area (Å²) in [4.78, 5) is 11.1. The van der Waals surface area contributed by atoms with Crippen LogP contribution in [0.5, 0.6) is 0 Å². The smallest absolute Gasteiger partial charge is 0.145 e. The molecule has 2 heterocycles. The number of nitriles is 1. The Morgan fingerprint density at radius 2 is 2.00 bits per heavy atom. The third kappa shape index (κ3) is 2.61. The Labute approximate surface area is 157 Å². The summed E-state index contributed by atoms with van der Waals surface area (Å²) in [6, 6.07) is 11.6. The maximum Gasteiger partial charge on any atom is 0.145 e. The van der Waals surface area contributed by atoms with Crippen molar-refractivity contribution in [3.63, 3.8) is 0 Å². The molecule has 0 amide bonds. The number of aromatic nitrogens is 3. The minimum absolute atomic E-state index is 0.249. The monoisotopic (exact) mass is 358 g/mol. The van der Waals surface area contributed by atoms with Gasteiger partial charge in [0.2, 0.25) is 0 Å². The van der Waals surface area contributed by atoms with E-state index in [1.54, 1.807) is 19.1 Å². The average Bonchev–Trinajstić information content (AvgIpc) is 3.27. The molecule has 0 saturated heterocycles. The van der Waals surface area contributed by atoms with Gasteiger partial charge in [-0.1, -0.05) is 19.9 Å². The highest BCUT2D eigenvalue weighted by molar-refractivity contribution is 5.88. The summed E-state index contributed by atoms with van der Waals surface area (Å²) in [6.07, 6.45) is 1.90. The number of hydrogen-bond donors (Lipinski definition) is 3. The molecule has 0 aliphatic rings. The van der Waals surface area contributed by atoms with E-state index in [4.69, 9.17) is 5.26 Å². The van der Waals surface area contributed by atoms with Crippen LogP contribution >= 0.6 is 0 Å². The first-order valence-electron chi connectivity index (χ1n) is 9.06. The van der Waals surface area contributed by atoms with E-state index in [-0.39, 0.29) is 5.92 Å². The van der Waals surface area contributed by atoms with Crippen LogP contribution in [0, 0.1) is 18.3 Å². The number of rotatable bonds is 3. The Bertz CT molecular complexity index is 1200. The van der Waals surface area contributed by atoms with E-state index >= 15 is 0 Å². The van der Waals surface area contributed by atoms with Gasteiger partial charge >= 0.3 is 0 Å². The maximum absolute atomic E-state index is 11.6. The van der Waals surface area contributed by atoms with Crippen molar-refractivity contribution in [2.75, 3.05) is 0 Å². The summed E-state index contributed by atoms with van der Waals surface area (Å²) in [5.74, 6) is 0.722. The first kappa shape index (κ1) is 17.3. The quantitative estimate of drug-likeness (QED) is 0.500. The van der Waals surface area contributed by atoms with Gasteiger partial charge in [-0.2, -0.15) is 5.26 Å². The van der Waals surface area contributed by atoms with Gasteiger partial charge in [-0.3, -0.25) is 0 Å². The lowest BCUT2D eigenvalue weighted by Crippen LogP contribution is -2.27. The number of nitrogens with zero attached hydrogens (tertiary/aromatic N) is 2. The minimum Gasteiger partial charge on any atom is -0.377 e. The van der Waals surface area contributed by atoms with Crippen molar-refractivity contribution in [1.82, 2.24) is 15.0 Å². The molecule has 0 bridgehead atoms. The lowest BCUT2D eigenvalue weighted by Gasteiger charge is -2.27. The molecule has 2 aromatic carbocycles. The van der Waals surface area contributed by atoms with Gasteiger partial charge in [-0.15, -0.1) is 0 Å². The summed E-state index contributed by atoms with van der Waals surface area (Å²) < 4.78 is 0. The number of nitrogens with one attached hydrogen (secondary N) is 2. The van der Waals surface area contributed by atoms with E-state index in [0.29, 0.717) is 16.9 Å². The molecule has 3 N–H and O–H groups in total. The number of aryl methyl sites for hydroxylation is 1. The average molecular weight is 358 g/mol. The molecule has 5 heteroatoms. The Morgan fingerprint density at radius 1 is 1.22 bits per heavy atom. The van der Waals surface area contributed by atoms with Gasteiger partial charge in [-0.05, 0) is 55.2 Å². The SMILES string of the molecule is Cc1cc(C(C)C)c(C(C)(O)c2nc3cc(C#N)ccc3[nH]2)c2cc[nH]c12. The number of aromatic amines is 2. The van der Waals surface area contributed by atoms with Crippen LogP contribution < -0.4 is 0 Å². The molecule has 0 aliphatic heterocycles. The predicted octanol–water partition coefficient (Wildman–Crippen LogP) is 4.60. The van der Waals surface area contributed by atoms with Crippen molar-refractivity contribution in [3.8, 4) is 6.07 Å². The lowest BCUT2D eigenvalue weighted by atomic mass is 9.82. The zero-order valence-electron chi connectivity index (χ0n) is 15.9. The highest BCUT2D eigenvalue weighted by Crippen LogP contribution is 2.40. The zero-order valence-corrected chi connectivity index (χ0v) is 15.9. The molecule has 136 valence electrons. The van der Waals surface area contributed by atoms with E-state index in [1.165, 1.54) is 0 Å². The van der Waals surface area contributed by atoms with Crippen LogP contribution in [0.1, 0.15) is 54.8 Å². The molecule has 0 fully saturated rings. The van der Waals surface area contributed by atoms with Gasteiger partial charge in [0, 0.05) is 22.7 Å². The molecular weight excluding hydrogens is 336 g/mol. The molecule has 2 aromatic heterocycles. The van der Waals surface area contributed by atoms with Crippen LogP contribution in [0.2, 0.25) is 0 Å². The van der Waals surface area contributed by atoms with Gasteiger partial charge in [0.1, 0.15) is 11.4 Å². The third-order valence-corrected chi connectivity index (χ3v) is 5.25. The molecular formula is C22H22N4O. The summed E-state index contributed by atoms with van der Waals surface area (Å²) in [7, 11) is 0. The van der Waals surface area contributed by atoms with Gasteiger partial charge in [0.05, 0.1) is 22.7 Å². The number of imidazole rings is 1. The van der Waals surface area contributed by atoms with Crippen molar-refractivity contribution in [2.24, 2.45) is 0 Å². The van der Waals surface area contributed by atoms with Crippen LogP contribution in [0.4, 0.5) is 0 Å². The van der Waals surface area contributed by atoms with Crippen LogP contribution in [-0.4, -0.2) is 20.1 Å². The normalized spacial score (nSPS) is 14.0. The molecule has 4 aromatic rings. The topological polar surface area (TPSA) is 88.5 Å². The summed E-state index contributed by atoms with van der Waals surface area (Å²) in [5, 5.41) is 21.8. The maximum atomic E-state index is 11.6. The van der Waals surface area contributed by atoms with E-state index in [9.17, 15) is 5.11 Å². The first-order chi connectivity index (χ1) is 12.8. The van der Waals surface area contributed by atoms with Crippen molar-refractivity contribution in [2.45, 2.75) is 39.2 Å². The molecule has 1 unspecified atom stereocenters. The van der Waals surface area contributed by atoms with E-state index in [0.717, 1.165) is 33.1 Å². The first-order valence-corrected chi connectivity index (χ1v) is 9.06. The second-order valence-electron chi connectivity index (χ2n) is 7.58. The predicted molar refractivity (Wildman–Crippen MR) is 107 cm³/mol. The fraction of sp³-hybridized carbons (Fsp3) is 0.273. The Balaban J connectivity index is 1.99. The summed E-state index contributed by atoms with van der Waals surface area (Å²) in [5.41, 5.74) is 4.85. The van der Waals surface area contributed by atoms with E-state index in [1.807, 2.05) is 18.3 Å². The highest BCUT2D eigenvalue weighted by Gasteiger charge is 2.34. The second-order valence-corrected chi connectivity index (χ2v) is 7.58. The molecule has 4 rings (SSSR count). The summed E-state index contributed by atoms with van der Waals surface area (Å²) >= 11 is 0. The molecule has 1 atom stereocenters. The number of fused-ring (bicyclic) bond motifs is 2. The van der Waals surface area contributed by atoms with Gasteiger partial charge < -0.3 is 15.1 Å². The number of H-pyrrole nitrogens is 2. The molecule has 0 saturated carbocycles. The minimum atomic E-state index is -1.31. The van der Waals surface area contributed by atoms with Crippen LogP contribution in [0.15, 0.2) is 36.5 Å². The van der Waals surface area contributed by atoms with Crippen molar-refractivity contribution in [3.05, 3.63) is 64.6 Å². The second kappa shape index (κ2) is 5.97. The third-order valence-electron chi connectivity index (χ3n) is 5.25. The molecule has 0 radical (unpaired) electrons. The van der Waals surface area contributed by atoms with Crippen LogP contribution in [0.25, 0.3) is 21.9 Å². The van der Waals surface area contributed by atoms with Gasteiger partial charge in [0.15, 0.2) is 0 Å². The molecule has 5 nitrogen and oxygen atoms in total. The highest BCUT2D eigenvalue weighted by atomic mass is 16.3. The van der Waals surface area contributed by atoms with Crippen LogP contribution in [0.3, 0.4) is 0 Å². The molecule has 0 aliphatic carbocycles. The van der Waals surface area contributed by atoms with Crippen molar-refractivity contribution >= 4 is 21.9 Å². The Hall–Kier alpha value is -3.10. The Morgan fingerprint density at radius 3 is 2.70 bits per heavy atom. The number of benzene rings is 2. The van der Waals surface area contributed by atoms with Crippen molar-refractivity contribution < 1.29 is 5.11 Å². The zero-order chi connectivity index (χ0) is 19.3. The number of aliphatic hydroxyl groups is 1. The van der Waals surface area contributed by atoms with E-state index in [2.05, 4.69) is 47.9 Å². The summed E-state index contributed by atoms with van der Waals surface area (Å²) in [6.45, 7) is 8.11. The number of hydrogen-bond acceptors (Lipinski definition) is 3. The molecule has 0 spiro atoms. The van der Waals surface area contributed by atoms with Crippen LogP contribution in [-0.2, 0) is 5.60 Å². The van der Waals surface area contributed by atoms with Gasteiger partial charge in [0.25, 0.3) is 0 Å².